The molecule has 8 aliphatic rings. The smallest absolute Gasteiger partial charge is 0.726 e. The first-order valence-corrected chi connectivity index (χ1v) is 46.3. The van der Waals surface area contributed by atoms with Crippen LogP contribution in [0.1, 0.15) is 27.7 Å². The summed E-state index contributed by atoms with van der Waals surface area (Å²) in [5.41, 5.74) is 0. The van der Waals surface area contributed by atoms with Crippen LogP contribution in [0.25, 0.3) is 0 Å². The predicted molar refractivity (Wildman–Crippen MR) is 386 cm³/mol. The molecule has 0 radical (unpaired) electrons. The number of carbonyl (C=O) groups is 4. The number of ether oxygens (including phenoxy) is 16. The average Bonchev–Trinajstić information content (AvgIpc) is 0.806. The molecule has 0 aromatic heterocycles. The second kappa shape index (κ2) is 89.5. The molecule has 8 rings (SSSR count). The Hall–Kier alpha value is 5.36. The van der Waals surface area contributed by atoms with Gasteiger partial charge in [0.2, 0.25) is 107 Å². The number of rotatable bonds is 31. The van der Waals surface area contributed by atoms with E-state index in [4.69, 9.17) is 184 Å². The number of carbonyl (C=O) groups excluding carboxylic acids is 12. The van der Waals surface area contributed by atoms with E-state index in [2.05, 4.69) is 38.0 Å². The molecule has 0 aromatic rings. The van der Waals surface area contributed by atoms with Gasteiger partial charge in [-0.2, -0.15) is 64.8 Å². The summed E-state index contributed by atoms with van der Waals surface area (Å²) < 4.78 is 380. The van der Waals surface area contributed by atoms with Gasteiger partial charge < -0.3 is 179 Å². The van der Waals surface area contributed by atoms with Crippen molar-refractivity contribution in [3.8, 4) is 0 Å². The Morgan fingerprint density at radius 1 is 0.287 bits per heavy atom. The van der Waals surface area contributed by atoms with Crippen molar-refractivity contribution < 1.29 is 673 Å². The van der Waals surface area contributed by atoms with Crippen molar-refractivity contribution >= 4 is 131 Å². The molecule has 0 saturated carbocycles. The minimum atomic E-state index is -5.62. The van der Waals surface area contributed by atoms with E-state index >= 15 is 0 Å². The number of methoxy groups -OCH3 is 1. The maximum absolute atomic E-state index is 12.7. The molecule has 806 valence electrons. The number of hydrogen-bond donors (Lipinski definition) is 17. The molecule has 32 atom stereocenters. The van der Waals surface area contributed by atoms with Gasteiger partial charge in [0.25, 0.3) is 0 Å². The van der Waals surface area contributed by atoms with E-state index in [0.717, 1.165) is 80.3 Å². The van der Waals surface area contributed by atoms with E-state index in [1.165, 1.54) is 0 Å². The van der Waals surface area contributed by atoms with Crippen LogP contribution in [0, 0.1) is 52.1 Å². The summed E-state index contributed by atoms with van der Waals surface area (Å²) in [4.78, 5) is 115. The summed E-state index contributed by atoms with van der Waals surface area (Å²) >= 11 is 0. The molecule has 8 saturated heterocycles. The third kappa shape index (κ3) is 82.8. The van der Waals surface area contributed by atoms with Gasteiger partial charge in [-0.15, -0.1) is 0 Å². The van der Waals surface area contributed by atoms with E-state index in [1.807, 2.05) is 0 Å². The largest absolute Gasteiger partial charge is 1.00 e. The van der Waals surface area contributed by atoms with Gasteiger partial charge in [0, 0.05) is 60.0 Å². The van der Waals surface area contributed by atoms with Crippen LogP contribution in [0.15, 0.2) is 0 Å². The van der Waals surface area contributed by atoms with Crippen LogP contribution in [0.2, 0.25) is 0 Å². The zero-order valence-electron chi connectivity index (χ0n) is 80.9. The van der Waals surface area contributed by atoms with E-state index < -0.39 is 330 Å². The van der Waals surface area contributed by atoms with Gasteiger partial charge in [0.05, 0.1) is 26.4 Å². The van der Waals surface area contributed by atoms with Gasteiger partial charge in [-0.05, 0) is 24.4 Å². The summed E-state index contributed by atoms with van der Waals surface area (Å²) in [5.74, 6) is -3.37. The minimum Gasteiger partial charge on any atom is -0.726 e. The zero-order valence-corrected chi connectivity index (χ0v) is 111. The van der Waals surface area contributed by atoms with Crippen molar-refractivity contribution in [2.24, 2.45) is 0 Å². The van der Waals surface area contributed by atoms with Crippen molar-refractivity contribution in [3.63, 3.8) is 0 Å². The Balaban J connectivity index is -0.000000340. The van der Waals surface area contributed by atoms with Crippen molar-refractivity contribution in [1.82, 2.24) is 21.3 Å². The molecule has 8 aliphatic heterocycles. The van der Waals surface area contributed by atoms with Crippen molar-refractivity contribution in [2.45, 2.75) is 224 Å². The quantitative estimate of drug-likeness (QED) is 0.0133. The maximum atomic E-state index is 12.7. The number of nitrogens with one attached hydrogen (secondary N) is 4. The second-order valence-electron chi connectivity index (χ2n) is 26.1. The first-order chi connectivity index (χ1) is 63.1. The molecule has 0 spiro atoms. The van der Waals surface area contributed by atoms with Gasteiger partial charge in [0.1, 0.15) is 97.4 Å². The Morgan fingerprint density at radius 3 is 0.600 bits per heavy atom. The SMILES string of the molecule is CO[C@H]1OC(COS(=O)(=O)[O-])[C@@H](O[C@H]2[CH-][C@H](O)[C@@H](O[C@@H]3OC(COS(=O)(=O)[O-])[C@@H](O[C@H]4[CH-][C@H](O)[C@@H](O[C@@H]5OC(COS(=O)(=O)[O-])[C@@H](O[C@H]6[CH-][C@H](O)[C@@H](O[C@@H]7OC(COS(=O)(=O)[O-])[C@@H](O[C@H]8[CH-][C@H](O)[C@H](O)[CH-]O8)[C@H](O)C7NC(C)=O)[CH-]O6)[C@H](O)C5NC(C)=O)[CH-]O4)[C@H](O)C3NC(C)=O)[CH-]O2)[C@H](O)C1NC(C)=O.O=C=O.O=C=O.O=C=O.O=C=O.O=S(=O)([O-])O.O=S(=O)([O-])O.O=S(=O)([O-])O.O=S(=O)([O-])O.[Na+].[Na+].[Na+].[Na+].[Na+].[Na+].[Na+].[Na+].[Na+].[Na+].[Na+].[Na+]. The van der Waals surface area contributed by atoms with Crippen LogP contribution in [-0.4, -0.2) is 446 Å². The fourth-order valence-corrected chi connectivity index (χ4v) is 12.7. The van der Waals surface area contributed by atoms with Crippen LogP contribution in [-0.2, 0) is 233 Å². The fraction of sp³-hybridized carbons (Fsp3) is 0.719. The van der Waals surface area contributed by atoms with Gasteiger partial charge in [0.15, 0.2) is 25.2 Å². The van der Waals surface area contributed by atoms with Crippen molar-refractivity contribution in [1.29, 1.82) is 0 Å². The third-order valence-corrected chi connectivity index (χ3v) is 17.8. The Kier molecular flexibility index (Phi) is 109. The van der Waals surface area contributed by atoms with Gasteiger partial charge in [-0.25, -0.2) is 93.0 Å². The van der Waals surface area contributed by atoms with Crippen LogP contribution < -0.4 is 376 Å². The molecule has 0 aliphatic carbocycles. The number of aliphatic hydroxyl groups excluding tert-OH is 9. The summed E-state index contributed by atoms with van der Waals surface area (Å²) in [6.45, 7) is 2.01. The second-order valence-corrected chi connectivity index (χ2v) is 33.7. The third-order valence-electron chi connectivity index (χ3n) is 16.1. The first-order valence-electron chi connectivity index (χ1n) is 35.5. The molecule has 17 N–H and O–H groups in total. The minimum absolute atomic E-state index is 0. The van der Waals surface area contributed by atoms with Crippen molar-refractivity contribution in [3.05, 3.63) is 52.1 Å². The molecule has 8 heterocycles. The average molecular weight is 2460 g/mol. The predicted octanol–water partition coefficient (Wildman–Crippen LogP) is -55.0. The van der Waals surface area contributed by atoms with Crippen LogP contribution in [0.4, 0.5) is 0 Å². The van der Waals surface area contributed by atoms with E-state index in [0.29, 0.717) is 6.61 Å². The molecule has 8 fully saturated rings. The summed E-state index contributed by atoms with van der Waals surface area (Å²) in [6, 6.07) is -6.78. The van der Waals surface area contributed by atoms with Gasteiger partial charge in [-0.1, -0.05) is 24.4 Å². The van der Waals surface area contributed by atoms with Crippen LogP contribution in [0.3, 0.4) is 0 Å². The van der Waals surface area contributed by atoms with E-state index in [-0.39, 0.29) is 379 Å². The molecule has 73 nitrogen and oxygen atoms in total. The first kappa shape index (κ1) is 183. The van der Waals surface area contributed by atoms with Crippen LogP contribution >= 0.6 is 0 Å². The molecule has 93 heteroatoms. The molecular weight excluding hydrogens is 2380 g/mol. The molecule has 0 aromatic carbocycles. The summed E-state index contributed by atoms with van der Waals surface area (Å²) in [5, 5.41) is 110. The Labute approximate surface area is 1120 Å². The normalized spacial score (nSPS) is 31.1. The van der Waals surface area contributed by atoms with Crippen molar-refractivity contribution in [2.75, 3.05) is 33.5 Å². The topological polar surface area (TPSA) is 1160 Å². The molecule has 8 unspecified atom stereocenters. The standard InChI is InChI=1S/C53H80N4O45S4.4CO2.12Na.4H2O4S/c1-18(58)54-38-42(67)46(30(95-50(38)83-5)14-88-103(71,72)73)100-35-7-23(63)27(11-85-35)93-52-40(56-20(3)60)44(69)48(32(97-52)16-90-105(77,78)79)102-37-9-25(65)29(13-87-37)94-53-41(57-21(4)61)45(70)49(33(98-53)17-91-106(80,81)82)101-36-8-24(64)28(12-86-36)92-51-39(55-19(2)59)43(68)47(31(96-51)15-89-104(74,75)76)99-34-6-22(62)26(66)10-84-34;4*2-1-3;;;;;;;;;;;;;4*1-5(2,3)4/h6-13,22-53,62-70H,14-17H2,1-5H3,(H,54,58)(H,55,59)(H,56,60)(H,57,61)(H,71,72,73)(H,74,75,76)(H,77,78,79)(H,80,81,82);;;;;;;;;;;;;;;;;4*(H2,1,2,3,4)/q-8;;;;;12*+1;;;;/p-8/t22-,23-,24-,25-,26+,27-,28-,29-,30?,31?,32?,33?,34-,35-,36-,37-,38?,39?,40?,41?,42+,43+,44+,45+,46+,47+,48+,49+,50-,51+,52+,53+;;;;;;;;;;;;;;;;;;;;/m0..................../s1. The van der Waals surface area contributed by atoms with Crippen LogP contribution in [0.5, 0.6) is 0 Å². The van der Waals surface area contributed by atoms with E-state index in [1.54, 1.807) is 0 Å². The monoisotopic (exact) mass is 2460 g/mol. The summed E-state index contributed by atoms with van der Waals surface area (Å²) in [7, 11) is -40.6. The maximum Gasteiger partial charge on any atom is 1.00 e. The zero-order chi connectivity index (χ0) is 107. The summed E-state index contributed by atoms with van der Waals surface area (Å²) in [6.07, 6.45) is -47.3. The number of aliphatic hydroxyl groups is 9. The number of amides is 4. The molecule has 4 amide bonds. The Bertz CT molecular complexity index is 4730. The molecular formula is C57H80N4Na12O69S8-4. The Morgan fingerprint density at radius 2 is 0.447 bits per heavy atom. The number of hydrogen-bond acceptors (Lipinski definition) is 65. The van der Waals surface area contributed by atoms with Gasteiger partial charge in [-0.3, -0.25) is 54.1 Å². The molecule has 150 heavy (non-hydrogen) atoms. The molecule has 0 bridgehead atoms. The fourth-order valence-electron chi connectivity index (χ4n) is 11.5. The van der Waals surface area contributed by atoms with E-state index in [9.17, 15) is 117 Å². The van der Waals surface area contributed by atoms with Gasteiger partial charge >= 0.3 is 379 Å².